The van der Waals surface area contributed by atoms with Gasteiger partial charge in [-0.15, -0.1) is 0 Å². The van der Waals surface area contributed by atoms with Crippen molar-refractivity contribution < 1.29 is 57.3 Å². The van der Waals surface area contributed by atoms with Crippen LogP contribution in [0.3, 0.4) is 0 Å². The zero-order chi connectivity index (χ0) is 67.1. The second-order valence-electron chi connectivity index (χ2n) is 25.9. The van der Waals surface area contributed by atoms with Crippen LogP contribution >= 0.6 is 0 Å². The minimum Gasteiger partial charge on any atom is -0.451 e. The Bertz CT molecular complexity index is 3210. The van der Waals surface area contributed by atoms with E-state index in [4.69, 9.17) is 18.9 Å². The Morgan fingerprint density at radius 1 is 0.359 bits per heavy atom. The zero-order valence-electron chi connectivity index (χ0n) is 55.8. The van der Waals surface area contributed by atoms with Gasteiger partial charge in [0, 0.05) is 53.4 Å². The van der Waals surface area contributed by atoms with Crippen molar-refractivity contribution in [2.45, 2.75) is 169 Å². The first kappa shape index (κ1) is 70.5. The third-order valence-electron chi connectivity index (χ3n) is 16.6. The number of hydrogen-bond acceptors (Lipinski definition) is 14. The molecule has 6 aromatic rings. The summed E-state index contributed by atoms with van der Waals surface area (Å²) in [6.45, 7) is 18.4. The molecule has 4 amide bonds. The number of amides is 4. The Balaban J connectivity index is 1.24. The number of carbonyl (C=O) groups is 8. The fourth-order valence-electron chi connectivity index (χ4n) is 11.4. The van der Waals surface area contributed by atoms with Crippen LogP contribution in [0.15, 0.2) is 134 Å². The molecule has 0 unspecified atom stereocenters. The highest BCUT2D eigenvalue weighted by atomic mass is 16.6. The van der Waals surface area contributed by atoms with Gasteiger partial charge in [-0.1, -0.05) is 165 Å². The molecular weight excluding hydrogens is 1170 g/mol. The summed E-state index contributed by atoms with van der Waals surface area (Å²) < 4.78 is 28.2. The summed E-state index contributed by atoms with van der Waals surface area (Å²) in [6.07, 6.45) is -2.66. The molecule has 3 heterocycles. The van der Waals surface area contributed by atoms with E-state index in [0.29, 0.717) is 24.2 Å². The Labute approximate surface area is 541 Å². The van der Waals surface area contributed by atoms with Gasteiger partial charge in [-0.25, -0.2) is 19.2 Å². The summed E-state index contributed by atoms with van der Waals surface area (Å²) in [5.41, 5.74) is 6.85. The van der Waals surface area contributed by atoms with Gasteiger partial charge < -0.3 is 38.5 Å². The maximum absolute atomic E-state index is 15.2. The van der Waals surface area contributed by atoms with Gasteiger partial charge in [0.05, 0.1) is 24.5 Å². The minimum atomic E-state index is -1.56. The highest BCUT2D eigenvalue weighted by molar-refractivity contribution is 5.94. The van der Waals surface area contributed by atoms with Crippen molar-refractivity contribution in [3.05, 3.63) is 156 Å². The number of carbonyl (C=O) groups excluding carboxylic acids is 8. The van der Waals surface area contributed by atoms with Crippen molar-refractivity contribution in [2.24, 2.45) is 23.7 Å². The van der Waals surface area contributed by atoms with E-state index in [1.165, 1.54) is 51.8 Å². The van der Waals surface area contributed by atoms with Crippen molar-refractivity contribution in [2.75, 3.05) is 28.2 Å². The summed E-state index contributed by atoms with van der Waals surface area (Å²) >= 11 is 0. The fourth-order valence-corrected chi connectivity index (χ4v) is 11.4. The Morgan fingerprint density at radius 3 is 0.924 bits per heavy atom. The molecule has 1 saturated heterocycles. The average Bonchev–Trinajstić information content (AvgIpc) is 1.06. The number of aromatic nitrogens is 4. The van der Waals surface area contributed by atoms with Gasteiger partial charge in [-0.2, -0.15) is 10.2 Å². The predicted octanol–water partition coefficient (Wildman–Crippen LogP) is 9.49. The summed E-state index contributed by atoms with van der Waals surface area (Å²) in [5, 5.41) is 9.12. The molecule has 2 aromatic heterocycles. The van der Waals surface area contributed by atoms with E-state index in [9.17, 15) is 28.8 Å². The van der Waals surface area contributed by atoms with Crippen LogP contribution in [0.5, 0.6) is 0 Å². The van der Waals surface area contributed by atoms with Crippen molar-refractivity contribution in [3.8, 4) is 22.5 Å². The van der Waals surface area contributed by atoms with Crippen LogP contribution in [0.2, 0.25) is 0 Å². The van der Waals surface area contributed by atoms with Gasteiger partial charge in [-0.3, -0.25) is 28.5 Å². The van der Waals surface area contributed by atoms with Crippen molar-refractivity contribution in [1.29, 1.82) is 0 Å². The van der Waals surface area contributed by atoms with E-state index < -0.39 is 96.1 Å². The van der Waals surface area contributed by atoms with E-state index in [1.807, 2.05) is 186 Å². The van der Waals surface area contributed by atoms with Crippen LogP contribution < -0.4 is 0 Å². The lowest BCUT2D eigenvalue weighted by Gasteiger charge is -2.35. The molecule has 0 bridgehead atoms. The number of rotatable bonds is 18. The van der Waals surface area contributed by atoms with Crippen LogP contribution in [0.4, 0.5) is 0 Å². The lowest BCUT2D eigenvalue weighted by atomic mass is 9.99. The summed E-state index contributed by atoms with van der Waals surface area (Å²) in [4.78, 5) is 123. The lowest BCUT2D eigenvalue weighted by molar-refractivity contribution is -0.176. The first-order valence-corrected chi connectivity index (χ1v) is 31.9. The van der Waals surface area contributed by atoms with Gasteiger partial charge in [0.2, 0.25) is 0 Å². The van der Waals surface area contributed by atoms with Crippen LogP contribution in [-0.2, 0) is 83.2 Å². The normalized spacial score (nSPS) is 21.7. The molecule has 1 fully saturated rings. The van der Waals surface area contributed by atoms with Crippen LogP contribution in [-0.4, -0.2) is 163 Å². The second-order valence-corrected chi connectivity index (χ2v) is 25.9. The van der Waals surface area contributed by atoms with Crippen molar-refractivity contribution >= 4 is 47.5 Å². The maximum Gasteiger partial charge on any atom is 0.329 e. The third kappa shape index (κ3) is 18.6. The molecule has 7 rings (SSSR count). The topological polar surface area (TPSA) is 222 Å². The lowest BCUT2D eigenvalue weighted by Crippen LogP contribution is -2.55. The van der Waals surface area contributed by atoms with E-state index in [0.717, 1.165) is 43.4 Å². The molecule has 0 radical (unpaired) electrons. The van der Waals surface area contributed by atoms with E-state index >= 15 is 9.59 Å². The first-order chi connectivity index (χ1) is 43.7. The van der Waals surface area contributed by atoms with Gasteiger partial charge in [0.25, 0.3) is 23.6 Å². The summed E-state index contributed by atoms with van der Waals surface area (Å²) in [5.74, 6) is -7.54. The molecule has 92 heavy (non-hydrogen) atoms. The Hall–Kier alpha value is -8.94. The van der Waals surface area contributed by atoms with Crippen LogP contribution in [0.1, 0.15) is 117 Å². The number of likely N-dealkylation sites (N-methyl/N-ethyl adjacent to an activating group) is 4. The standard InChI is InChI=1S/C72H92N8O12/c1-45(2)37-59-69(85)89-49(9)65(81)75(11)62(40-48(7)8)72(88)92-64(42-52-27-31-54(32-28-52)44-80-58(34-36-74-80)56-23-19-16-20-24-56)68(84)78(14)60(38-46(3)4)70(86)90-50(10)66(82)76(12)61(39-47(5)6)71(87)91-63(67(83)77(59)13)41-51-25-29-53(30-26-51)43-79-57(33-35-73-79)55-21-17-15-18-22-55/h15-36,45-50,59-64H,37-44H2,1-14H3/t49-,50-,59+,60+,61+,62+,63-,64-/m1/s1. The fraction of sp³-hybridized carbons (Fsp3) is 0.472. The zero-order valence-corrected chi connectivity index (χ0v) is 55.8. The van der Waals surface area contributed by atoms with Crippen molar-refractivity contribution in [1.82, 2.24) is 39.2 Å². The molecule has 20 heteroatoms. The molecule has 20 nitrogen and oxygen atoms in total. The number of nitrogens with zero attached hydrogens (tertiary/aromatic N) is 8. The monoisotopic (exact) mass is 1260 g/mol. The predicted molar refractivity (Wildman–Crippen MR) is 349 cm³/mol. The smallest absolute Gasteiger partial charge is 0.329 e. The quantitative estimate of drug-likeness (QED) is 0.0578. The number of hydrogen-bond donors (Lipinski definition) is 0. The van der Waals surface area contributed by atoms with E-state index in [-0.39, 0.29) is 62.2 Å². The largest absolute Gasteiger partial charge is 0.451 e. The van der Waals surface area contributed by atoms with Gasteiger partial charge in [0.1, 0.15) is 24.2 Å². The van der Waals surface area contributed by atoms with Gasteiger partial charge in [0.15, 0.2) is 24.4 Å². The number of benzene rings is 4. The first-order valence-electron chi connectivity index (χ1n) is 31.9. The van der Waals surface area contributed by atoms with Gasteiger partial charge >= 0.3 is 23.9 Å². The Morgan fingerprint density at radius 2 is 0.630 bits per heavy atom. The molecule has 4 aromatic carbocycles. The molecule has 492 valence electrons. The minimum absolute atomic E-state index is 0.0713. The Kier molecular flexibility index (Phi) is 24.8. The molecule has 0 spiro atoms. The number of esters is 4. The maximum atomic E-state index is 15.2. The number of cyclic esters (lactones) is 4. The summed E-state index contributed by atoms with van der Waals surface area (Å²) in [6, 6.07) is 33.2. The summed E-state index contributed by atoms with van der Waals surface area (Å²) in [7, 11) is 5.59. The van der Waals surface area contributed by atoms with E-state index in [2.05, 4.69) is 10.2 Å². The molecule has 0 saturated carbocycles. The highest BCUT2D eigenvalue weighted by Gasteiger charge is 2.43. The molecular formula is C72H92N8O12. The second kappa shape index (κ2) is 32.4. The molecule has 0 N–H and O–H groups in total. The van der Waals surface area contributed by atoms with Crippen molar-refractivity contribution in [3.63, 3.8) is 0 Å². The number of ether oxygens (including phenoxy) is 4. The SMILES string of the molecule is CC(C)C[C@H]1C(=O)O[C@H](Cc2ccc(Cn3nccc3-c3ccccc3)cc2)C(=O)N(C)[C@@H](CC(C)C)C(=O)O[C@H](C)C(=O)N(C)[C@@H](CC(C)C)C(=O)O[C@H](Cc2ccc(Cn3nccc3-c3ccccc3)cc2)C(=O)N(C)[C@@H](CC(C)C)C(=O)O[C@H](C)C(=O)N1C. The molecule has 1 aliphatic heterocycles. The third-order valence-corrected chi connectivity index (χ3v) is 16.6. The molecule has 1 aliphatic rings. The average molecular weight is 1260 g/mol. The molecule has 8 atom stereocenters. The van der Waals surface area contributed by atoms with Gasteiger partial charge in [-0.05, 0) is 109 Å². The van der Waals surface area contributed by atoms with Crippen LogP contribution in [0.25, 0.3) is 22.5 Å². The van der Waals surface area contributed by atoms with Crippen LogP contribution in [0, 0.1) is 23.7 Å². The molecule has 0 aliphatic carbocycles. The highest BCUT2D eigenvalue weighted by Crippen LogP contribution is 2.27. The van der Waals surface area contributed by atoms with E-state index in [1.54, 1.807) is 12.4 Å².